The number of carbonyl (C=O) groups is 1. The molecule has 0 saturated carbocycles. The summed E-state index contributed by atoms with van der Waals surface area (Å²) in [7, 11) is -1.57. The first-order chi connectivity index (χ1) is 11.4. The van der Waals surface area contributed by atoms with Crippen molar-refractivity contribution in [3.8, 4) is 0 Å². The number of amides is 1. The van der Waals surface area contributed by atoms with Crippen LogP contribution in [0, 0.1) is 6.92 Å². The molecule has 1 aromatic rings. The molecule has 2 N–H and O–H groups in total. The van der Waals surface area contributed by atoms with Crippen LogP contribution in [0.1, 0.15) is 31.2 Å². The van der Waals surface area contributed by atoms with E-state index in [4.69, 9.17) is 0 Å². The molecule has 1 aliphatic heterocycles. The zero-order valence-electron chi connectivity index (χ0n) is 14.4. The van der Waals surface area contributed by atoms with Gasteiger partial charge < -0.3 is 10.6 Å². The van der Waals surface area contributed by atoms with Crippen LogP contribution in [0.25, 0.3) is 0 Å². The van der Waals surface area contributed by atoms with Crippen LogP contribution in [-0.2, 0) is 14.8 Å². The standard InChI is InChI=1S/C17H27N3O3S/c1-14-5-7-16(8-6-14)24(22,23)20-12-9-15(10-13-20)19-17(21)4-3-11-18-2/h5-8,15,18H,3-4,9-13H2,1-2H3,(H,19,21). The van der Waals surface area contributed by atoms with Gasteiger partial charge in [0.2, 0.25) is 15.9 Å². The molecule has 0 aromatic heterocycles. The van der Waals surface area contributed by atoms with Gasteiger partial charge in [0.05, 0.1) is 4.90 Å². The summed E-state index contributed by atoms with van der Waals surface area (Å²) in [5.74, 6) is 0.0464. The lowest BCUT2D eigenvalue weighted by Gasteiger charge is -2.31. The first kappa shape index (κ1) is 18.9. The number of carbonyl (C=O) groups excluding carboxylic acids is 1. The van der Waals surface area contributed by atoms with E-state index in [2.05, 4.69) is 10.6 Å². The summed E-state index contributed by atoms with van der Waals surface area (Å²) in [6, 6.07) is 6.99. The Balaban J connectivity index is 1.85. The minimum Gasteiger partial charge on any atom is -0.353 e. The summed E-state index contributed by atoms with van der Waals surface area (Å²) in [5, 5.41) is 6.02. The summed E-state index contributed by atoms with van der Waals surface area (Å²) in [5.41, 5.74) is 1.04. The quantitative estimate of drug-likeness (QED) is 0.724. The molecule has 1 aromatic carbocycles. The van der Waals surface area contributed by atoms with Crippen LogP contribution in [0.3, 0.4) is 0 Å². The number of hydrogen-bond donors (Lipinski definition) is 2. The van der Waals surface area contributed by atoms with Gasteiger partial charge in [0.1, 0.15) is 0 Å². The molecule has 2 rings (SSSR count). The fourth-order valence-electron chi connectivity index (χ4n) is 2.83. The number of rotatable bonds is 7. The van der Waals surface area contributed by atoms with Crippen molar-refractivity contribution < 1.29 is 13.2 Å². The Morgan fingerprint density at radius 3 is 2.42 bits per heavy atom. The summed E-state index contributed by atoms with van der Waals surface area (Å²) >= 11 is 0. The average molecular weight is 353 g/mol. The Bertz CT molecular complexity index is 636. The minimum atomic E-state index is -3.44. The van der Waals surface area contributed by atoms with E-state index in [0.29, 0.717) is 37.2 Å². The summed E-state index contributed by atoms with van der Waals surface area (Å²) in [6.07, 6.45) is 2.62. The van der Waals surface area contributed by atoms with Crippen LogP contribution in [-0.4, -0.2) is 51.4 Å². The summed E-state index contributed by atoms with van der Waals surface area (Å²) in [6.45, 7) is 3.64. The molecule has 1 amide bonds. The molecule has 0 atom stereocenters. The topological polar surface area (TPSA) is 78.5 Å². The molecule has 24 heavy (non-hydrogen) atoms. The highest BCUT2D eigenvalue weighted by molar-refractivity contribution is 7.89. The first-order valence-corrected chi connectivity index (χ1v) is 9.88. The van der Waals surface area contributed by atoms with E-state index in [9.17, 15) is 13.2 Å². The highest BCUT2D eigenvalue weighted by Crippen LogP contribution is 2.21. The van der Waals surface area contributed by atoms with Crippen molar-refractivity contribution >= 4 is 15.9 Å². The maximum absolute atomic E-state index is 12.6. The molecule has 1 saturated heterocycles. The van der Waals surface area contributed by atoms with Gasteiger partial charge in [0, 0.05) is 25.6 Å². The van der Waals surface area contributed by atoms with Crippen molar-refractivity contribution in [3.05, 3.63) is 29.8 Å². The van der Waals surface area contributed by atoms with E-state index in [1.54, 1.807) is 12.1 Å². The smallest absolute Gasteiger partial charge is 0.243 e. The van der Waals surface area contributed by atoms with Crippen LogP contribution >= 0.6 is 0 Å². The molecule has 0 bridgehead atoms. The van der Waals surface area contributed by atoms with Gasteiger partial charge >= 0.3 is 0 Å². The molecule has 1 fully saturated rings. The van der Waals surface area contributed by atoms with E-state index < -0.39 is 10.0 Å². The third kappa shape index (κ3) is 5.03. The van der Waals surface area contributed by atoms with Gasteiger partial charge in [0.25, 0.3) is 0 Å². The third-order valence-electron chi connectivity index (χ3n) is 4.31. The molecule has 134 valence electrons. The van der Waals surface area contributed by atoms with Gasteiger partial charge in [-0.1, -0.05) is 17.7 Å². The second-order valence-electron chi connectivity index (χ2n) is 6.27. The van der Waals surface area contributed by atoms with Crippen molar-refractivity contribution in [1.29, 1.82) is 0 Å². The van der Waals surface area contributed by atoms with E-state index in [-0.39, 0.29) is 11.9 Å². The molecule has 0 spiro atoms. The van der Waals surface area contributed by atoms with Gasteiger partial charge in [0.15, 0.2) is 0 Å². The maximum atomic E-state index is 12.6. The van der Waals surface area contributed by atoms with Crippen molar-refractivity contribution in [2.75, 3.05) is 26.7 Å². The Morgan fingerprint density at radius 1 is 1.21 bits per heavy atom. The van der Waals surface area contributed by atoms with E-state index in [1.807, 2.05) is 26.1 Å². The molecular formula is C17H27N3O3S. The van der Waals surface area contributed by atoms with Crippen LogP contribution in [0.2, 0.25) is 0 Å². The lowest BCUT2D eigenvalue weighted by molar-refractivity contribution is -0.122. The Morgan fingerprint density at radius 2 is 1.83 bits per heavy atom. The molecule has 6 nitrogen and oxygen atoms in total. The largest absolute Gasteiger partial charge is 0.353 e. The minimum absolute atomic E-state index is 0.0464. The zero-order valence-corrected chi connectivity index (χ0v) is 15.2. The summed E-state index contributed by atoms with van der Waals surface area (Å²) in [4.78, 5) is 12.2. The highest BCUT2D eigenvalue weighted by Gasteiger charge is 2.29. The fraction of sp³-hybridized carbons (Fsp3) is 0.588. The van der Waals surface area contributed by atoms with Crippen molar-refractivity contribution in [2.24, 2.45) is 0 Å². The number of benzene rings is 1. The molecule has 0 radical (unpaired) electrons. The molecule has 0 unspecified atom stereocenters. The van der Waals surface area contributed by atoms with Crippen molar-refractivity contribution in [3.63, 3.8) is 0 Å². The summed E-state index contributed by atoms with van der Waals surface area (Å²) < 4.78 is 26.8. The van der Waals surface area contributed by atoms with E-state index >= 15 is 0 Å². The second-order valence-corrected chi connectivity index (χ2v) is 8.20. The SMILES string of the molecule is CNCCCC(=O)NC1CCN(S(=O)(=O)c2ccc(C)cc2)CC1. The number of hydrogen-bond acceptors (Lipinski definition) is 4. The van der Waals surface area contributed by atoms with Gasteiger partial charge in [-0.25, -0.2) is 8.42 Å². The molecule has 1 aliphatic rings. The monoisotopic (exact) mass is 353 g/mol. The predicted octanol–water partition coefficient (Wildman–Crippen LogP) is 1.26. The van der Waals surface area contributed by atoms with Gasteiger partial charge in [-0.2, -0.15) is 4.31 Å². The number of nitrogens with zero attached hydrogens (tertiary/aromatic N) is 1. The van der Waals surface area contributed by atoms with Crippen molar-refractivity contribution in [1.82, 2.24) is 14.9 Å². The molecule has 0 aliphatic carbocycles. The number of aryl methyl sites for hydroxylation is 1. The third-order valence-corrected chi connectivity index (χ3v) is 6.22. The Kier molecular flexibility index (Phi) is 6.77. The maximum Gasteiger partial charge on any atom is 0.243 e. The Labute approximate surface area is 144 Å². The van der Waals surface area contributed by atoms with Crippen LogP contribution in [0.4, 0.5) is 0 Å². The number of piperidine rings is 1. The van der Waals surface area contributed by atoms with Crippen molar-refractivity contribution in [2.45, 2.75) is 43.5 Å². The van der Waals surface area contributed by atoms with E-state index in [0.717, 1.165) is 18.5 Å². The second kappa shape index (κ2) is 8.60. The van der Waals surface area contributed by atoms with E-state index in [1.165, 1.54) is 4.31 Å². The zero-order chi connectivity index (χ0) is 17.6. The van der Waals surface area contributed by atoms with Crippen LogP contribution in [0.15, 0.2) is 29.2 Å². The van der Waals surface area contributed by atoms with Crippen LogP contribution < -0.4 is 10.6 Å². The molecular weight excluding hydrogens is 326 g/mol. The Hall–Kier alpha value is -1.44. The fourth-order valence-corrected chi connectivity index (χ4v) is 4.30. The molecule has 1 heterocycles. The predicted molar refractivity (Wildman–Crippen MR) is 94.3 cm³/mol. The normalized spacial score (nSPS) is 16.9. The van der Waals surface area contributed by atoms with Crippen LogP contribution in [0.5, 0.6) is 0 Å². The lowest BCUT2D eigenvalue weighted by atomic mass is 10.1. The number of nitrogens with one attached hydrogen (secondary N) is 2. The number of sulfonamides is 1. The van der Waals surface area contributed by atoms with Gasteiger partial charge in [-0.05, 0) is 51.9 Å². The average Bonchev–Trinajstić information content (AvgIpc) is 2.56. The van der Waals surface area contributed by atoms with Gasteiger partial charge in [-0.15, -0.1) is 0 Å². The first-order valence-electron chi connectivity index (χ1n) is 8.44. The highest BCUT2D eigenvalue weighted by atomic mass is 32.2. The lowest BCUT2D eigenvalue weighted by Crippen LogP contribution is -2.46. The van der Waals surface area contributed by atoms with Gasteiger partial charge in [-0.3, -0.25) is 4.79 Å². The molecule has 7 heteroatoms.